The molecule has 110 valence electrons. The van der Waals surface area contributed by atoms with E-state index in [9.17, 15) is 18.3 Å². The number of sulfone groups is 1. The quantitative estimate of drug-likeness (QED) is 0.920. The van der Waals surface area contributed by atoms with Crippen LogP contribution >= 0.6 is 0 Å². The highest BCUT2D eigenvalue weighted by molar-refractivity contribution is 7.90. The van der Waals surface area contributed by atoms with Crippen LogP contribution < -0.4 is 0 Å². The summed E-state index contributed by atoms with van der Waals surface area (Å²) in [6.07, 6.45) is 2.01. The van der Waals surface area contributed by atoms with Crippen LogP contribution in [0.1, 0.15) is 38.8 Å². The van der Waals surface area contributed by atoms with Crippen LogP contribution in [-0.2, 0) is 16.3 Å². The number of pyridine rings is 1. The number of rotatable bonds is 2. The molecule has 0 radical (unpaired) electrons. The van der Waals surface area contributed by atoms with Gasteiger partial charge in [0.1, 0.15) is 5.25 Å². The Labute approximate surface area is 122 Å². The summed E-state index contributed by atoms with van der Waals surface area (Å²) in [5.41, 5.74) is 2.60. The number of benzene rings is 1. The van der Waals surface area contributed by atoms with E-state index >= 15 is 0 Å². The number of carboxylic acids is 1. The van der Waals surface area contributed by atoms with E-state index in [0.29, 0.717) is 35.0 Å². The molecular weight excluding hydrogens is 290 g/mol. The zero-order chi connectivity index (χ0) is 15.4. The van der Waals surface area contributed by atoms with E-state index in [0.717, 1.165) is 5.56 Å². The molecular formula is C15H15NO4S. The highest BCUT2D eigenvalue weighted by Crippen LogP contribution is 2.40. The molecule has 2 aromatic rings. The molecule has 1 aromatic carbocycles. The highest BCUT2D eigenvalue weighted by Gasteiger charge is 2.35. The fourth-order valence-corrected chi connectivity index (χ4v) is 4.23. The number of aryl methyl sites for hydroxylation is 1. The van der Waals surface area contributed by atoms with Crippen molar-refractivity contribution in [3.63, 3.8) is 0 Å². The van der Waals surface area contributed by atoms with E-state index in [1.54, 1.807) is 12.1 Å². The van der Waals surface area contributed by atoms with Gasteiger partial charge in [0.2, 0.25) is 0 Å². The largest absolute Gasteiger partial charge is 0.478 e. The maximum atomic E-state index is 11.9. The minimum atomic E-state index is -3.30. The molecule has 1 aromatic heterocycles. The van der Waals surface area contributed by atoms with Crippen LogP contribution in [0.15, 0.2) is 18.2 Å². The predicted molar refractivity (Wildman–Crippen MR) is 79.3 cm³/mol. The first-order valence-electron chi connectivity index (χ1n) is 6.65. The summed E-state index contributed by atoms with van der Waals surface area (Å²) < 4.78 is 23.8. The number of nitrogens with zero attached hydrogens (tertiary/aromatic N) is 1. The van der Waals surface area contributed by atoms with E-state index < -0.39 is 21.1 Å². The fourth-order valence-electron chi connectivity index (χ4n) is 3.08. The maximum Gasteiger partial charge on any atom is 0.336 e. The second kappa shape index (κ2) is 4.53. The van der Waals surface area contributed by atoms with E-state index in [-0.39, 0.29) is 5.56 Å². The van der Waals surface area contributed by atoms with E-state index in [1.807, 2.05) is 13.0 Å². The topological polar surface area (TPSA) is 84.3 Å². The van der Waals surface area contributed by atoms with Gasteiger partial charge in [-0.05, 0) is 30.9 Å². The van der Waals surface area contributed by atoms with Crippen molar-refractivity contribution in [2.75, 3.05) is 6.26 Å². The van der Waals surface area contributed by atoms with Gasteiger partial charge in [-0.25, -0.2) is 13.2 Å². The van der Waals surface area contributed by atoms with Crippen molar-refractivity contribution in [2.24, 2.45) is 0 Å². The lowest BCUT2D eigenvalue weighted by molar-refractivity contribution is 0.0698. The summed E-state index contributed by atoms with van der Waals surface area (Å²) in [5, 5.41) is 9.43. The zero-order valence-electron chi connectivity index (χ0n) is 11.8. The summed E-state index contributed by atoms with van der Waals surface area (Å²) in [4.78, 5) is 16.2. The number of para-hydroxylation sites is 1. The van der Waals surface area contributed by atoms with Gasteiger partial charge >= 0.3 is 5.97 Å². The van der Waals surface area contributed by atoms with Crippen LogP contribution in [-0.4, -0.2) is 30.7 Å². The summed E-state index contributed by atoms with van der Waals surface area (Å²) in [5.74, 6) is -1.03. The molecule has 1 aliphatic carbocycles. The molecule has 21 heavy (non-hydrogen) atoms. The van der Waals surface area contributed by atoms with Crippen molar-refractivity contribution in [1.29, 1.82) is 0 Å². The molecule has 6 heteroatoms. The Bertz CT molecular complexity index is 871. The molecule has 1 N–H and O–H groups in total. The van der Waals surface area contributed by atoms with E-state index in [1.165, 1.54) is 6.26 Å². The van der Waals surface area contributed by atoms with Crippen LogP contribution in [0.5, 0.6) is 0 Å². The Morgan fingerprint density at radius 1 is 1.38 bits per heavy atom. The average molecular weight is 305 g/mol. The standard InChI is InChI=1S/C15H15NO4S/c1-8-4-3-5-9-12(15(17)18)10-6-7-11(21(2,19)20)14(10)16-13(8)9/h3-5,11H,6-7H2,1-2H3,(H,17,18). The number of fused-ring (bicyclic) bond motifs is 2. The maximum absolute atomic E-state index is 11.9. The minimum Gasteiger partial charge on any atom is -0.478 e. The SMILES string of the molecule is Cc1cccc2c(C(=O)O)c3c(nc12)C(S(C)(=O)=O)CC3. The van der Waals surface area contributed by atoms with Gasteiger partial charge in [0, 0.05) is 11.6 Å². The first-order chi connectivity index (χ1) is 9.80. The molecule has 1 atom stereocenters. The molecule has 0 bridgehead atoms. The monoisotopic (exact) mass is 305 g/mol. The van der Waals surface area contributed by atoms with Gasteiger partial charge in [0.15, 0.2) is 9.84 Å². The molecule has 0 saturated heterocycles. The molecule has 3 rings (SSSR count). The number of carbonyl (C=O) groups is 1. The summed E-state index contributed by atoms with van der Waals surface area (Å²) >= 11 is 0. The Morgan fingerprint density at radius 2 is 2.10 bits per heavy atom. The fraction of sp³-hybridized carbons (Fsp3) is 0.333. The third-order valence-electron chi connectivity index (χ3n) is 4.04. The number of carboxylic acid groups (broad SMARTS) is 1. The summed E-state index contributed by atoms with van der Waals surface area (Å²) in [7, 11) is -3.30. The average Bonchev–Trinajstić information content (AvgIpc) is 2.79. The number of hydrogen-bond donors (Lipinski definition) is 1. The van der Waals surface area contributed by atoms with Gasteiger partial charge in [0.25, 0.3) is 0 Å². The summed E-state index contributed by atoms with van der Waals surface area (Å²) in [6.45, 7) is 1.85. The van der Waals surface area contributed by atoms with Crippen LogP contribution in [0.3, 0.4) is 0 Å². The van der Waals surface area contributed by atoms with Gasteiger partial charge in [-0.15, -0.1) is 0 Å². The molecule has 0 amide bonds. The smallest absolute Gasteiger partial charge is 0.336 e. The molecule has 0 aliphatic heterocycles. The molecule has 1 heterocycles. The lowest BCUT2D eigenvalue weighted by Crippen LogP contribution is -2.12. The van der Waals surface area contributed by atoms with Crippen LogP contribution in [0.25, 0.3) is 10.9 Å². The van der Waals surface area contributed by atoms with Crippen molar-refractivity contribution >= 4 is 26.7 Å². The third kappa shape index (κ3) is 2.10. The van der Waals surface area contributed by atoms with Crippen LogP contribution in [0.4, 0.5) is 0 Å². The Balaban J connectivity index is 2.44. The minimum absolute atomic E-state index is 0.199. The van der Waals surface area contributed by atoms with E-state index in [2.05, 4.69) is 4.98 Å². The first kappa shape index (κ1) is 14.0. The molecule has 0 fully saturated rings. The highest BCUT2D eigenvalue weighted by atomic mass is 32.2. The number of aromatic nitrogens is 1. The van der Waals surface area contributed by atoms with Gasteiger partial charge in [-0.3, -0.25) is 4.98 Å². The second-order valence-electron chi connectivity index (χ2n) is 5.48. The zero-order valence-corrected chi connectivity index (χ0v) is 12.6. The van der Waals surface area contributed by atoms with Crippen molar-refractivity contribution in [2.45, 2.75) is 25.0 Å². The first-order valence-corrected chi connectivity index (χ1v) is 8.60. The van der Waals surface area contributed by atoms with Crippen LogP contribution in [0.2, 0.25) is 0 Å². The Hall–Kier alpha value is -1.95. The molecule has 1 aliphatic rings. The van der Waals surface area contributed by atoms with Crippen molar-refractivity contribution < 1.29 is 18.3 Å². The third-order valence-corrected chi connectivity index (χ3v) is 5.54. The predicted octanol–water partition coefficient (Wildman–Crippen LogP) is 2.27. The molecule has 0 spiro atoms. The molecule has 5 nitrogen and oxygen atoms in total. The van der Waals surface area contributed by atoms with Gasteiger partial charge in [-0.2, -0.15) is 0 Å². The van der Waals surface area contributed by atoms with Crippen molar-refractivity contribution in [1.82, 2.24) is 4.98 Å². The Morgan fingerprint density at radius 3 is 2.71 bits per heavy atom. The summed E-state index contributed by atoms with van der Waals surface area (Å²) in [6, 6.07) is 5.37. The van der Waals surface area contributed by atoms with Crippen LogP contribution in [0, 0.1) is 6.92 Å². The Kier molecular flexibility index (Phi) is 3.02. The van der Waals surface area contributed by atoms with Gasteiger partial charge in [0.05, 0.1) is 16.8 Å². The lowest BCUT2D eigenvalue weighted by atomic mass is 9.99. The normalized spacial score (nSPS) is 17.9. The molecule has 1 unspecified atom stereocenters. The van der Waals surface area contributed by atoms with Crippen molar-refractivity contribution in [3.05, 3.63) is 40.6 Å². The second-order valence-corrected chi connectivity index (χ2v) is 7.71. The number of hydrogen-bond acceptors (Lipinski definition) is 4. The lowest BCUT2D eigenvalue weighted by Gasteiger charge is -2.13. The van der Waals surface area contributed by atoms with Gasteiger partial charge in [-0.1, -0.05) is 18.2 Å². The van der Waals surface area contributed by atoms with Crippen molar-refractivity contribution in [3.8, 4) is 0 Å². The van der Waals surface area contributed by atoms with Gasteiger partial charge < -0.3 is 5.11 Å². The molecule has 0 saturated carbocycles. The van der Waals surface area contributed by atoms with E-state index in [4.69, 9.17) is 0 Å². The number of aromatic carboxylic acids is 1.